The second kappa shape index (κ2) is 6.02. The van der Waals surface area contributed by atoms with E-state index in [9.17, 15) is 9.18 Å². The van der Waals surface area contributed by atoms with Crippen molar-refractivity contribution in [1.29, 1.82) is 0 Å². The van der Waals surface area contributed by atoms with Crippen molar-refractivity contribution in [2.45, 2.75) is 6.92 Å². The first-order valence-corrected chi connectivity index (χ1v) is 7.88. The van der Waals surface area contributed by atoms with E-state index in [0.29, 0.717) is 9.23 Å². The molecule has 1 amide bonds. The van der Waals surface area contributed by atoms with E-state index in [4.69, 9.17) is 12.2 Å². The molecule has 1 fully saturated rings. The Balaban J connectivity index is 1.99. The van der Waals surface area contributed by atoms with Gasteiger partial charge in [-0.15, -0.1) is 0 Å². The number of thioether (sulfide) groups is 1. The molecule has 0 radical (unpaired) electrons. The highest BCUT2D eigenvalue weighted by Gasteiger charge is 2.34. The van der Waals surface area contributed by atoms with E-state index in [0.717, 1.165) is 11.1 Å². The van der Waals surface area contributed by atoms with Crippen LogP contribution >= 0.6 is 24.0 Å². The molecule has 1 saturated heterocycles. The average molecular weight is 329 g/mol. The van der Waals surface area contributed by atoms with Crippen molar-refractivity contribution >= 4 is 46.0 Å². The monoisotopic (exact) mass is 329 g/mol. The molecule has 0 spiro atoms. The number of para-hydroxylation sites is 1. The molecular formula is C17H12FNOS2. The Hall–Kier alpha value is -1.98. The highest BCUT2D eigenvalue weighted by molar-refractivity contribution is 8.27. The van der Waals surface area contributed by atoms with Crippen LogP contribution in [-0.4, -0.2) is 10.2 Å². The van der Waals surface area contributed by atoms with Crippen LogP contribution in [0.2, 0.25) is 0 Å². The van der Waals surface area contributed by atoms with E-state index in [1.54, 1.807) is 24.3 Å². The molecule has 22 heavy (non-hydrogen) atoms. The Kier molecular flexibility index (Phi) is 4.09. The lowest BCUT2D eigenvalue weighted by atomic mass is 10.1. The first-order chi connectivity index (χ1) is 10.6. The molecular weight excluding hydrogens is 317 g/mol. The molecule has 2 aromatic rings. The summed E-state index contributed by atoms with van der Waals surface area (Å²) in [7, 11) is 0. The first-order valence-electron chi connectivity index (χ1n) is 6.66. The lowest BCUT2D eigenvalue weighted by molar-refractivity contribution is -0.113. The summed E-state index contributed by atoms with van der Waals surface area (Å²) in [6.07, 6.45) is 1.80. The zero-order chi connectivity index (χ0) is 15.7. The molecule has 1 heterocycles. The molecule has 0 aromatic heterocycles. The van der Waals surface area contributed by atoms with Crippen LogP contribution in [0.4, 0.5) is 10.1 Å². The summed E-state index contributed by atoms with van der Waals surface area (Å²) in [4.78, 5) is 14.3. The third-order valence-corrected chi connectivity index (χ3v) is 4.66. The molecule has 2 nitrogen and oxygen atoms in total. The second-order valence-corrected chi connectivity index (χ2v) is 6.50. The van der Waals surface area contributed by atoms with E-state index in [1.807, 2.05) is 31.2 Å². The normalized spacial score (nSPS) is 16.6. The van der Waals surface area contributed by atoms with E-state index in [2.05, 4.69) is 0 Å². The molecule has 2 aromatic carbocycles. The first kappa shape index (κ1) is 14.9. The average Bonchev–Trinajstić information content (AvgIpc) is 2.77. The van der Waals surface area contributed by atoms with Gasteiger partial charge in [0.2, 0.25) is 0 Å². The maximum absolute atomic E-state index is 13.9. The van der Waals surface area contributed by atoms with Gasteiger partial charge in [0.25, 0.3) is 5.91 Å². The topological polar surface area (TPSA) is 20.3 Å². The van der Waals surface area contributed by atoms with E-state index >= 15 is 0 Å². The van der Waals surface area contributed by atoms with E-state index < -0.39 is 5.82 Å². The minimum atomic E-state index is -0.462. The molecule has 1 aliphatic heterocycles. The molecule has 0 unspecified atom stereocenters. The zero-order valence-electron chi connectivity index (χ0n) is 11.7. The minimum absolute atomic E-state index is 0.193. The lowest BCUT2D eigenvalue weighted by Crippen LogP contribution is -2.28. The number of benzene rings is 2. The van der Waals surface area contributed by atoms with Crippen LogP contribution in [0.1, 0.15) is 11.1 Å². The van der Waals surface area contributed by atoms with E-state index in [1.165, 1.54) is 22.7 Å². The maximum Gasteiger partial charge on any atom is 0.270 e. The van der Waals surface area contributed by atoms with Crippen molar-refractivity contribution in [2.75, 3.05) is 4.90 Å². The smallest absolute Gasteiger partial charge is 0.268 e. The zero-order valence-corrected chi connectivity index (χ0v) is 13.4. The highest BCUT2D eigenvalue weighted by Crippen LogP contribution is 2.37. The standard InChI is InChI=1S/C17H12FNOS2/c1-11-6-2-3-7-12(11)10-15-16(20)19(17(21)22-15)14-9-5-4-8-13(14)18/h2-10H,1H3. The Labute approximate surface area is 137 Å². The van der Waals surface area contributed by atoms with Gasteiger partial charge in [-0.05, 0) is 36.3 Å². The lowest BCUT2D eigenvalue weighted by Gasteiger charge is -2.14. The number of hydrogen-bond acceptors (Lipinski definition) is 3. The summed E-state index contributed by atoms with van der Waals surface area (Å²) in [5.41, 5.74) is 2.22. The number of anilines is 1. The second-order valence-electron chi connectivity index (χ2n) is 4.83. The molecule has 0 bridgehead atoms. The number of nitrogens with zero attached hydrogens (tertiary/aromatic N) is 1. The van der Waals surface area contributed by atoms with Gasteiger partial charge in [0.05, 0.1) is 10.6 Å². The Morgan fingerprint density at radius 3 is 2.55 bits per heavy atom. The molecule has 0 atom stereocenters. The number of carbonyl (C=O) groups excluding carboxylic acids is 1. The van der Waals surface area contributed by atoms with Crippen LogP contribution in [0.3, 0.4) is 0 Å². The van der Waals surface area contributed by atoms with Crippen LogP contribution in [0.15, 0.2) is 53.4 Å². The molecule has 0 N–H and O–H groups in total. The van der Waals surface area contributed by atoms with Gasteiger partial charge in [0.1, 0.15) is 5.82 Å². The van der Waals surface area contributed by atoms with Crippen LogP contribution in [-0.2, 0) is 4.79 Å². The van der Waals surface area contributed by atoms with Crippen molar-refractivity contribution in [2.24, 2.45) is 0 Å². The number of rotatable bonds is 2. The van der Waals surface area contributed by atoms with Gasteiger partial charge >= 0.3 is 0 Å². The fraction of sp³-hybridized carbons (Fsp3) is 0.0588. The van der Waals surface area contributed by atoms with Gasteiger partial charge in [-0.25, -0.2) is 4.39 Å². The van der Waals surface area contributed by atoms with Crippen LogP contribution in [0.5, 0.6) is 0 Å². The quantitative estimate of drug-likeness (QED) is 0.596. The number of hydrogen-bond donors (Lipinski definition) is 0. The van der Waals surface area contributed by atoms with Crippen LogP contribution in [0, 0.1) is 12.7 Å². The summed E-state index contributed by atoms with van der Waals surface area (Å²) in [6.45, 7) is 1.98. The number of carbonyl (C=O) groups is 1. The number of thiocarbonyl (C=S) groups is 1. The fourth-order valence-electron chi connectivity index (χ4n) is 2.20. The summed E-state index contributed by atoms with van der Waals surface area (Å²) in [5.74, 6) is -0.751. The largest absolute Gasteiger partial charge is 0.270 e. The Morgan fingerprint density at radius 1 is 1.14 bits per heavy atom. The fourth-order valence-corrected chi connectivity index (χ4v) is 3.47. The Bertz CT molecular complexity index is 801. The summed E-state index contributed by atoms with van der Waals surface area (Å²) < 4.78 is 14.3. The molecule has 3 rings (SSSR count). The highest BCUT2D eigenvalue weighted by atomic mass is 32.2. The third-order valence-electron chi connectivity index (χ3n) is 3.36. The molecule has 0 saturated carbocycles. The summed E-state index contributed by atoms with van der Waals surface area (Å²) in [6, 6.07) is 13.9. The summed E-state index contributed by atoms with van der Waals surface area (Å²) >= 11 is 6.44. The van der Waals surface area contributed by atoms with Gasteiger partial charge in [0, 0.05) is 0 Å². The molecule has 5 heteroatoms. The van der Waals surface area contributed by atoms with Crippen molar-refractivity contribution < 1.29 is 9.18 Å². The third kappa shape index (κ3) is 2.69. The van der Waals surface area contributed by atoms with Gasteiger partial charge in [-0.3, -0.25) is 9.69 Å². The van der Waals surface area contributed by atoms with Crippen molar-refractivity contribution in [1.82, 2.24) is 0 Å². The van der Waals surface area contributed by atoms with Crippen molar-refractivity contribution in [3.63, 3.8) is 0 Å². The SMILES string of the molecule is Cc1ccccc1C=C1SC(=S)N(c2ccccc2F)C1=O. The summed E-state index contributed by atoms with van der Waals surface area (Å²) in [5, 5.41) is 0. The number of aryl methyl sites for hydroxylation is 1. The van der Waals surface area contributed by atoms with E-state index in [-0.39, 0.29) is 11.6 Å². The van der Waals surface area contributed by atoms with Gasteiger partial charge in [-0.1, -0.05) is 60.4 Å². The van der Waals surface area contributed by atoms with Crippen molar-refractivity contribution in [3.8, 4) is 0 Å². The maximum atomic E-state index is 13.9. The van der Waals surface area contributed by atoms with Crippen LogP contribution in [0.25, 0.3) is 6.08 Å². The van der Waals surface area contributed by atoms with Gasteiger partial charge in [-0.2, -0.15) is 0 Å². The molecule has 1 aliphatic rings. The van der Waals surface area contributed by atoms with Crippen LogP contribution < -0.4 is 4.90 Å². The van der Waals surface area contributed by atoms with Gasteiger partial charge in [0.15, 0.2) is 4.32 Å². The van der Waals surface area contributed by atoms with Crippen molar-refractivity contribution in [3.05, 3.63) is 70.4 Å². The molecule has 110 valence electrons. The Morgan fingerprint density at radius 2 is 1.82 bits per heavy atom. The predicted molar refractivity (Wildman–Crippen MR) is 93.2 cm³/mol. The predicted octanol–water partition coefficient (Wildman–Crippen LogP) is 4.54. The number of amides is 1. The number of halogens is 1. The molecule has 0 aliphatic carbocycles. The van der Waals surface area contributed by atoms with Gasteiger partial charge < -0.3 is 0 Å². The minimum Gasteiger partial charge on any atom is -0.268 e.